The second-order valence-corrected chi connectivity index (χ2v) is 6.02. The third-order valence-electron chi connectivity index (χ3n) is 3.91. The van der Waals surface area contributed by atoms with Crippen LogP contribution in [0.15, 0.2) is 41.1 Å². The number of phenolic OH excluding ortho intramolecular Hbond substituents is 1. The predicted molar refractivity (Wildman–Crippen MR) is 89.7 cm³/mol. The van der Waals surface area contributed by atoms with Gasteiger partial charge in [0.05, 0.1) is 12.2 Å². The number of nitrogens with one attached hydrogen (secondary N) is 1. The molecular weight excluding hydrogens is 306 g/mol. The minimum absolute atomic E-state index is 0.0602. The van der Waals surface area contributed by atoms with Crippen LogP contribution in [0, 0.1) is 12.8 Å². The van der Waals surface area contributed by atoms with Crippen molar-refractivity contribution >= 4 is 16.8 Å². The molecule has 24 heavy (non-hydrogen) atoms. The van der Waals surface area contributed by atoms with Gasteiger partial charge in [0, 0.05) is 24.1 Å². The molecule has 124 valence electrons. The second kappa shape index (κ2) is 6.31. The second-order valence-electron chi connectivity index (χ2n) is 6.02. The standard InChI is InChI=1S/C18H19N3O3/c1-10(2)15(21-18(23)14-9-20-11(3)24-14)13-7-6-12-5-4-8-19-16(12)17(13)22/h4-10,15,22H,1-3H3,(H,21,23). The molecule has 2 aromatic heterocycles. The Morgan fingerprint density at radius 3 is 2.71 bits per heavy atom. The molecule has 2 N–H and O–H groups in total. The fourth-order valence-electron chi connectivity index (χ4n) is 2.68. The molecule has 1 aromatic carbocycles. The first kappa shape index (κ1) is 16.0. The van der Waals surface area contributed by atoms with E-state index in [1.54, 1.807) is 13.1 Å². The van der Waals surface area contributed by atoms with E-state index >= 15 is 0 Å². The average molecular weight is 325 g/mol. The number of aryl methyl sites for hydroxylation is 1. The molecule has 0 aliphatic heterocycles. The molecule has 0 aliphatic rings. The number of aromatic nitrogens is 2. The molecule has 3 aromatic rings. The van der Waals surface area contributed by atoms with Crippen LogP contribution >= 0.6 is 0 Å². The SMILES string of the molecule is Cc1ncc(C(=O)NC(c2ccc3cccnc3c2O)C(C)C)o1. The molecule has 1 atom stereocenters. The van der Waals surface area contributed by atoms with Crippen LogP contribution in [0.2, 0.25) is 0 Å². The van der Waals surface area contributed by atoms with E-state index in [4.69, 9.17) is 4.42 Å². The average Bonchev–Trinajstić information content (AvgIpc) is 3.00. The fourth-order valence-corrected chi connectivity index (χ4v) is 2.68. The van der Waals surface area contributed by atoms with Crippen molar-refractivity contribution in [3.05, 3.63) is 53.9 Å². The number of nitrogens with zero attached hydrogens (tertiary/aromatic N) is 2. The van der Waals surface area contributed by atoms with Crippen molar-refractivity contribution in [2.24, 2.45) is 5.92 Å². The van der Waals surface area contributed by atoms with Crippen molar-refractivity contribution in [1.29, 1.82) is 0 Å². The highest BCUT2D eigenvalue weighted by Gasteiger charge is 2.24. The molecule has 1 amide bonds. The summed E-state index contributed by atoms with van der Waals surface area (Å²) < 4.78 is 5.26. The maximum atomic E-state index is 12.4. The minimum atomic E-state index is -0.380. The number of rotatable bonds is 4. The summed E-state index contributed by atoms with van der Waals surface area (Å²) in [4.78, 5) is 20.5. The van der Waals surface area contributed by atoms with E-state index in [-0.39, 0.29) is 29.4 Å². The maximum absolute atomic E-state index is 12.4. The van der Waals surface area contributed by atoms with E-state index in [2.05, 4.69) is 15.3 Å². The van der Waals surface area contributed by atoms with Gasteiger partial charge in [0.1, 0.15) is 11.3 Å². The molecule has 6 heteroatoms. The Kier molecular flexibility index (Phi) is 4.20. The molecule has 0 aliphatic carbocycles. The van der Waals surface area contributed by atoms with Crippen LogP contribution in [0.5, 0.6) is 5.75 Å². The lowest BCUT2D eigenvalue weighted by Gasteiger charge is -2.23. The topological polar surface area (TPSA) is 88.2 Å². The number of aromatic hydroxyl groups is 1. The van der Waals surface area contributed by atoms with Crippen molar-refractivity contribution in [3.63, 3.8) is 0 Å². The first-order chi connectivity index (χ1) is 11.5. The molecule has 2 heterocycles. The van der Waals surface area contributed by atoms with E-state index in [1.165, 1.54) is 6.20 Å². The number of carbonyl (C=O) groups is 1. The Labute approximate surface area is 139 Å². The quantitative estimate of drug-likeness (QED) is 0.768. The fraction of sp³-hybridized carbons (Fsp3) is 0.278. The third kappa shape index (κ3) is 2.95. The molecule has 0 spiro atoms. The predicted octanol–water partition coefficient (Wildman–Crippen LogP) is 3.36. The van der Waals surface area contributed by atoms with Gasteiger partial charge in [0.25, 0.3) is 5.91 Å². The Hall–Kier alpha value is -2.89. The van der Waals surface area contributed by atoms with Crippen molar-refractivity contribution < 1.29 is 14.3 Å². The first-order valence-electron chi connectivity index (χ1n) is 7.77. The number of benzene rings is 1. The number of oxazole rings is 1. The van der Waals surface area contributed by atoms with Crippen molar-refractivity contribution in [1.82, 2.24) is 15.3 Å². The number of carbonyl (C=O) groups excluding carboxylic acids is 1. The molecule has 0 bridgehead atoms. The van der Waals surface area contributed by atoms with Gasteiger partial charge in [0.2, 0.25) is 5.76 Å². The van der Waals surface area contributed by atoms with Crippen molar-refractivity contribution in [2.45, 2.75) is 26.8 Å². The normalized spacial score (nSPS) is 12.5. The highest BCUT2D eigenvalue weighted by Crippen LogP contribution is 2.34. The Morgan fingerprint density at radius 2 is 2.04 bits per heavy atom. The van der Waals surface area contributed by atoms with Crippen LogP contribution in [-0.2, 0) is 0 Å². The molecule has 0 fully saturated rings. The summed E-state index contributed by atoms with van der Waals surface area (Å²) in [5.41, 5.74) is 1.14. The lowest BCUT2D eigenvalue weighted by Crippen LogP contribution is -2.31. The van der Waals surface area contributed by atoms with E-state index in [9.17, 15) is 9.90 Å². The number of phenols is 1. The third-order valence-corrected chi connectivity index (χ3v) is 3.91. The lowest BCUT2D eigenvalue weighted by atomic mass is 9.94. The van der Waals surface area contributed by atoms with Gasteiger partial charge in [-0.3, -0.25) is 9.78 Å². The lowest BCUT2D eigenvalue weighted by molar-refractivity contribution is 0.0895. The summed E-state index contributed by atoms with van der Waals surface area (Å²) >= 11 is 0. The van der Waals surface area contributed by atoms with E-state index in [0.29, 0.717) is 17.0 Å². The Morgan fingerprint density at radius 1 is 1.25 bits per heavy atom. The van der Waals surface area contributed by atoms with Gasteiger partial charge < -0.3 is 14.8 Å². The van der Waals surface area contributed by atoms with Crippen LogP contribution in [0.3, 0.4) is 0 Å². The smallest absolute Gasteiger partial charge is 0.289 e. The molecule has 0 saturated carbocycles. The van der Waals surface area contributed by atoms with E-state index in [0.717, 1.165) is 5.39 Å². The summed E-state index contributed by atoms with van der Waals surface area (Å²) in [7, 11) is 0. The van der Waals surface area contributed by atoms with Gasteiger partial charge in [-0.2, -0.15) is 0 Å². The van der Waals surface area contributed by atoms with Gasteiger partial charge in [-0.1, -0.05) is 32.0 Å². The Balaban J connectivity index is 1.96. The molecule has 1 unspecified atom stereocenters. The minimum Gasteiger partial charge on any atom is -0.505 e. The summed E-state index contributed by atoms with van der Waals surface area (Å²) in [5.74, 6) is 0.358. The Bertz CT molecular complexity index is 886. The van der Waals surface area contributed by atoms with Gasteiger partial charge in [-0.05, 0) is 12.0 Å². The summed E-state index contributed by atoms with van der Waals surface area (Å²) in [6, 6.07) is 7.02. The van der Waals surface area contributed by atoms with Crippen LogP contribution in [0.1, 0.15) is 41.9 Å². The van der Waals surface area contributed by atoms with Gasteiger partial charge in [-0.15, -0.1) is 0 Å². The number of fused-ring (bicyclic) bond motifs is 1. The van der Waals surface area contributed by atoms with E-state index in [1.807, 2.05) is 38.1 Å². The highest BCUT2D eigenvalue weighted by atomic mass is 16.4. The molecule has 3 rings (SSSR count). The summed E-state index contributed by atoms with van der Waals surface area (Å²) in [6.07, 6.45) is 3.02. The zero-order valence-corrected chi connectivity index (χ0v) is 13.8. The number of hydrogen-bond acceptors (Lipinski definition) is 5. The molecular formula is C18H19N3O3. The van der Waals surface area contributed by atoms with Gasteiger partial charge in [-0.25, -0.2) is 4.98 Å². The first-order valence-corrected chi connectivity index (χ1v) is 7.77. The van der Waals surface area contributed by atoms with Crippen molar-refractivity contribution in [2.75, 3.05) is 0 Å². The molecule has 0 saturated heterocycles. The van der Waals surface area contributed by atoms with Crippen LogP contribution < -0.4 is 5.32 Å². The summed E-state index contributed by atoms with van der Waals surface area (Å²) in [5, 5.41) is 14.4. The zero-order chi connectivity index (χ0) is 17.3. The van der Waals surface area contributed by atoms with Crippen molar-refractivity contribution in [3.8, 4) is 5.75 Å². The van der Waals surface area contributed by atoms with Crippen LogP contribution in [0.4, 0.5) is 0 Å². The highest BCUT2D eigenvalue weighted by molar-refractivity contribution is 5.92. The zero-order valence-electron chi connectivity index (χ0n) is 13.8. The van der Waals surface area contributed by atoms with Gasteiger partial charge >= 0.3 is 0 Å². The largest absolute Gasteiger partial charge is 0.505 e. The molecule has 0 radical (unpaired) electrons. The van der Waals surface area contributed by atoms with Gasteiger partial charge in [0.15, 0.2) is 5.89 Å². The number of amides is 1. The number of hydrogen-bond donors (Lipinski definition) is 2. The maximum Gasteiger partial charge on any atom is 0.289 e. The van der Waals surface area contributed by atoms with Crippen LogP contribution in [0.25, 0.3) is 10.9 Å². The number of pyridine rings is 1. The van der Waals surface area contributed by atoms with Crippen LogP contribution in [-0.4, -0.2) is 21.0 Å². The summed E-state index contributed by atoms with van der Waals surface area (Å²) in [6.45, 7) is 5.62. The molecule has 6 nitrogen and oxygen atoms in total. The van der Waals surface area contributed by atoms with E-state index < -0.39 is 0 Å². The monoisotopic (exact) mass is 325 g/mol.